The highest BCUT2D eigenvalue weighted by Crippen LogP contribution is 2.44. The minimum Gasteiger partial charge on any atom is -0.271 e. The highest BCUT2D eigenvalue weighted by Gasteiger charge is 2.39. The maximum Gasteiger partial charge on any atom is 0.416 e. The van der Waals surface area contributed by atoms with Crippen LogP contribution in [0.15, 0.2) is 24.3 Å². The topological polar surface area (TPSA) is 38.0 Å². The Morgan fingerprint density at radius 3 is 2.38 bits per heavy atom. The minimum atomic E-state index is -4.32. The summed E-state index contributed by atoms with van der Waals surface area (Å²) in [6.07, 6.45) is -2.46. The Morgan fingerprint density at radius 1 is 1.25 bits per heavy atom. The van der Waals surface area contributed by atoms with E-state index in [4.69, 9.17) is 5.84 Å². The molecule has 0 saturated heterocycles. The second-order valence-electron chi connectivity index (χ2n) is 4.07. The van der Waals surface area contributed by atoms with E-state index in [1.54, 1.807) is 6.07 Å². The molecule has 2 nitrogen and oxygen atoms in total. The molecule has 2 rings (SSSR count). The minimum absolute atomic E-state index is 0.230. The Kier molecular flexibility index (Phi) is 2.90. The van der Waals surface area contributed by atoms with Crippen LogP contribution in [0.1, 0.15) is 30.0 Å². The predicted molar refractivity (Wildman–Crippen MR) is 54.2 cm³/mol. The van der Waals surface area contributed by atoms with Crippen molar-refractivity contribution in [2.24, 2.45) is 11.8 Å². The molecular weight excluding hydrogens is 217 g/mol. The monoisotopic (exact) mass is 230 g/mol. The molecule has 0 heterocycles. The van der Waals surface area contributed by atoms with Crippen molar-refractivity contribution in [3.8, 4) is 0 Å². The van der Waals surface area contributed by atoms with E-state index in [1.807, 2.05) is 0 Å². The zero-order valence-corrected chi connectivity index (χ0v) is 8.59. The van der Waals surface area contributed by atoms with Crippen LogP contribution in [0.4, 0.5) is 13.2 Å². The maximum atomic E-state index is 12.8. The van der Waals surface area contributed by atoms with Gasteiger partial charge in [0.05, 0.1) is 5.56 Å². The maximum absolute atomic E-state index is 12.8. The summed E-state index contributed by atoms with van der Waals surface area (Å²) in [5.41, 5.74) is 2.15. The van der Waals surface area contributed by atoms with Gasteiger partial charge in [-0.15, -0.1) is 0 Å². The van der Waals surface area contributed by atoms with Crippen LogP contribution >= 0.6 is 0 Å². The Bertz CT molecular complexity index is 372. The van der Waals surface area contributed by atoms with Gasteiger partial charge in [0.2, 0.25) is 0 Å². The molecule has 16 heavy (non-hydrogen) atoms. The molecule has 0 aromatic heterocycles. The fraction of sp³-hybridized carbons (Fsp3) is 0.455. The summed E-state index contributed by atoms with van der Waals surface area (Å²) in [6.45, 7) is 0. The van der Waals surface area contributed by atoms with E-state index >= 15 is 0 Å². The van der Waals surface area contributed by atoms with Crippen LogP contribution in [0, 0.1) is 5.92 Å². The van der Waals surface area contributed by atoms with E-state index in [1.165, 1.54) is 12.1 Å². The molecule has 0 bridgehead atoms. The fourth-order valence-corrected chi connectivity index (χ4v) is 1.94. The van der Waals surface area contributed by atoms with Gasteiger partial charge in [0.1, 0.15) is 0 Å². The van der Waals surface area contributed by atoms with Crippen molar-refractivity contribution >= 4 is 0 Å². The van der Waals surface area contributed by atoms with E-state index in [0.717, 1.165) is 18.9 Å². The summed E-state index contributed by atoms with van der Waals surface area (Å²) in [5, 5.41) is 0. The van der Waals surface area contributed by atoms with Crippen LogP contribution in [0.3, 0.4) is 0 Å². The van der Waals surface area contributed by atoms with Crippen molar-refractivity contribution in [1.29, 1.82) is 0 Å². The number of halogens is 3. The molecule has 1 saturated carbocycles. The number of alkyl halides is 3. The third kappa shape index (κ3) is 2.20. The Balaban J connectivity index is 2.38. The Morgan fingerprint density at radius 2 is 1.88 bits per heavy atom. The van der Waals surface area contributed by atoms with Gasteiger partial charge in [0.15, 0.2) is 0 Å². The normalized spacial score (nSPS) is 18.5. The van der Waals surface area contributed by atoms with Gasteiger partial charge in [-0.25, -0.2) is 0 Å². The van der Waals surface area contributed by atoms with Crippen molar-refractivity contribution in [2.45, 2.75) is 25.1 Å². The van der Waals surface area contributed by atoms with Crippen LogP contribution < -0.4 is 11.3 Å². The van der Waals surface area contributed by atoms with Gasteiger partial charge in [0.25, 0.3) is 0 Å². The molecule has 1 aliphatic carbocycles. The lowest BCUT2D eigenvalue weighted by atomic mass is 9.97. The summed E-state index contributed by atoms with van der Waals surface area (Å²) < 4.78 is 38.3. The SMILES string of the molecule is NNC(c1ccccc1C(F)(F)F)C1CC1. The van der Waals surface area contributed by atoms with Gasteiger partial charge in [-0.3, -0.25) is 11.3 Å². The standard InChI is InChI=1S/C11H13F3N2/c12-11(13,14)9-4-2-1-3-8(9)10(16-15)7-5-6-7/h1-4,7,10,16H,5-6,15H2. The lowest BCUT2D eigenvalue weighted by Gasteiger charge is -2.20. The molecular formula is C11H13F3N2. The number of benzene rings is 1. The molecule has 0 spiro atoms. The summed E-state index contributed by atoms with van der Waals surface area (Å²) in [5.74, 6) is 5.57. The fourth-order valence-electron chi connectivity index (χ4n) is 1.94. The van der Waals surface area contributed by atoms with Gasteiger partial charge in [-0.1, -0.05) is 18.2 Å². The van der Waals surface area contributed by atoms with Gasteiger partial charge < -0.3 is 0 Å². The molecule has 1 atom stereocenters. The average molecular weight is 230 g/mol. The quantitative estimate of drug-likeness (QED) is 0.618. The summed E-state index contributed by atoms with van der Waals surface area (Å²) in [6, 6.07) is 5.20. The highest BCUT2D eigenvalue weighted by atomic mass is 19.4. The number of nitrogens with two attached hydrogens (primary N) is 1. The third-order valence-corrected chi connectivity index (χ3v) is 2.87. The van der Waals surface area contributed by atoms with Crippen molar-refractivity contribution in [1.82, 2.24) is 5.43 Å². The highest BCUT2D eigenvalue weighted by molar-refractivity contribution is 5.33. The molecule has 0 amide bonds. The van der Waals surface area contributed by atoms with Crippen molar-refractivity contribution < 1.29 is 13.2 Å². The van der Waals surface area contributed by atoms with Crippen LogP contribution in [0.2, 0.25) is 0 Å². The molecule has 1 unspecified atom stereocenters. The van der Waals surface area contributed by atoms with Crippen molar-refractivity contribution in [2.75, 3.05) is 0 Å². The molecule has 0 aliphatic heterocycles. The Hall–Kier alpha value is -1.07. The van der Waals surface area contributed by atoms with Crippen LogP contribution in [-0.2, 0) is 6.18 Å². The number of hydrazine groups is 1. The van der Waals surface area contributed by atoms with E-state index in [2.05, 4.69) is 5.43 Å². The first kappa shape index (κ1) is 11.4. The van der Waals surface area contributed by atoms with Gasteiger partial charge in [0, 0.05) is 6.04 Å². The average Bonchev–Trinajstić information content (AvgIpc) is 3.02. The largest absolute Gasteiger partial charge is 0.416 e. The second-order valence-corrected chi connectivity index (χ2v) is 4.07. The lowest BCUT2D eigenvalue weighted by molar-refractivity contribution is -0.138. The number of hydrogen-bond acceptors (Lipinski definition) is 2. The van der Waals surface area contributed by atoms with Gasteiger partial charge in [-0.05, 0) is 30.4 Å². The molecule has 88 valence electrons. The van der Waals surface area contributed by atoms with Crippen molar-refractivity contribution in [3.63, 3.8) is 0 Å². The van der Waals surface area contributed by atoms with E-state index < -0.39 is 17.8 Å². The second kappa shape index (κ2) is 4.07. The number of rotatable bonds is 3. The van der Waals surface area contributed by atoms with E-state index in [0.29, 0.717) is 0 Å². The van der Waals surface area contributed by atoms with Crippen molar-refractivity contribution in [3.05, 3.63) is 35.4 Å². The van der Waals surface area contributed by atoms with Crippen LogP contribution in [0.5, 0.6) is 0 Å². The molecule has 0 radical (unpaired) electrons. The van der Waals surface area contributed by atoms with E-state index in [-0.39, 0.29) is 11.5 Å². The number of nitrogens with one attached hydrogen (secondary N) is 1. The molecule has 1 aromatic rings. The molecule has 5 heteroatoms. The first-order valence-corrected chi connectivity index (χ1v) is 5.16. The predicted octanol–water partition coefficient (Wildman–Crippen LogP) is 2.62. The zero-order valence-electron chi connectivity index (χ0n) is 8.59. The molecule has 3 N–H and O–H groups in total. The Labute approximate surface area is 91.6 Å². The van der Waals surface area contributed by atoms with Gasteiger partial charge in [-0.2, -0.15) is 13.2 Å². The first-order valence-electron chi connectivity index (χ1n) is 5.16. The molecule has 1 fully saturated rings. The molecule has 1 aliphatic rings. The number of hydrogen-bond donors (Lipinski definition) is 2. The van der Waals surface area contributed by atoms with E-state index in [9.17, 15) is 13.2 Å². The smallest absolute Gasteiger partial charge is 0.271 e. The van der Waals surface area contributed by atoms with Crippen LogP contribution in [0.25, 0.3) is 0 Å². The zero-order chi connectivity index (χ0) is 11.8. The summed E-state index contributed by atoms with van der Waals surface area (Å²) in [7, 11) is 0. The summed E-state index contributed by atoms with van der Waals surface area (Å²) >= 11 is 0. The lowest BCUT2D eigenvalue weighted by Crippen LogP contribution is -2.31. The van der Waals surface area contributed by atoms with Crippen LogP contribution in [-0.4, -0.2) is 0 Å². The van der Waals surface area contributed by atoms with Gasteiger partial charge >= 0.3 is 6.18 Å². The first-order chi connectivity index (χ1) is 7.54. The third-order valence-electron chi connectivity index (χ3n) is 2.87. The summed E-state index contributed by atoms with van der Waals surface area (Å²) in [4.78, 5) is 0. The molecule has 1 aromatic carbocycles.